The zero-order valence-corrected chi connectivity index (χ0v) is 11.4. The summed E-state index contributed by atoms with van der Waals surface area (Å²) in [6, 6.07) is 9.77. The molecule has 1 aromatic carbocycles. The molecule has 5 nitrogen and oxygen atoms in total. The smallest absolute Gasteiger partial charge is 0.311 e. The van der Waals surface area contributed by atoms with E-state index in [-0.39, 0.29) is 12.4 Å². The van der Waals surface area contributed by atoms with Gasteiger partial charge in [-0.25, -0.2) is 4.68 Å². The van der Waals surface area contributed by atoms with E-state index in [1.165, 1.54) is 0 Å². The van der Waals surface area contributed by atoms with E-state index < -0.39 is 0 Å². The van der Waals surface area contributed by atoms with E-state index in [0.717, 1.165) is 11.4 Å². The van der Waals surface area contributed by atoms with E-state index in [9.17, 15) is 4.79 Å². The van der Waals surface area contributed by atoms with E-state index in [0.29, 0.717) is 12.3 Å². The fourth-order valence-corrected chi connectivity index (χ4v) is 1.74. The standard InChI is InChI=1S/C15H17N3O2/c1-3-20-15(19)9-12(2)17-13-10-16-18(11-13)14-7-5-4-6-8-14/h4-8,10-11,17H,2-3,9H2,1H3. The van der Waals surface area contributed by atoms with E-state index in [2.05, 4.69) is 17.0 Å². The van der Waals surface area contributed by atoms with Crippen molar-refractivity contribution >= 4 is 11.7 Å². The second-order valence-corrected chi connectivity index (χ2v) is 4.22. The number of hydrogen-bond donors (Lipinski definition) is 1. The predicted octanol–water partition coefficient (Wildman–Crippen LogP) is 2.75. The molecule has 0 spiro atoms. The maximum atomic E-state index is 11.3. The summed E-state index contributed by atoms with van der Waals surface area (Å²) >= 11 is 0. The summed E-state index contributed by atoms with van der Waals surface area (Å²) in [5.41, 5.74) is 2.33. The van der Waals surface area contributed by atoms with Crippen LogP contribution in [0.2, 0.25) is 0 Å². The Bertz CT molecular complexity index is 590. The van der Waals surface area contributed by atoms with Crippen LogP contribution in [-0.2, 0) is 9.53 Å². The SMILES string of the molecule is C=C(CC(=O)OCC)Nc1cnn(-c2ccccc2)c1. The number of benzene rings is 1. The van der Waals surface area contributed by atoms with Gasteiger partial charge in [0, 0.05) is 5.70 Å². The molecule has 0 saturated carbocycles. The Kier molecular flexibility index (Phi) is 4.55. The minimum absolute atomic E-state index is 0.143. The maximum absolute atomic E-state index is 11.3. The van der Waals surface area contributed by atoms with Gasteiger partial charge in [-0.1, -0.05) is 24.8 Å². The van der Waals surface area contributed by atoms with Crippen molar-refractivity contribution < 1.29 is 9.53 Å². The van der Waals surface area contributed by atoms with Gasteiger partial charge in [-0.15, -0.1) is 0 Å². The van der Waals surface area contributed by atoms with Crippen LogP contribution in [0.1, 0.15) is 13.3 Å². The number of rotatable bonds is 6. The van der Waals surface area contributed by atoms with Gasteiger partial charge in [-0.3, -0.25) is 4.79 Å². The average Bonchev–Trinajstić information content (AvgIpc) is 2.88. The Morgan fingerprint density at radius 3 is 2.85 bits per heavy atom. The lowest BCUT2D eigenvalue weighted by atomic mass is 10.3. The van der Waals surface area contributed by atoms with Gasteiger partial charge in [-0.2, -0.15) is 5.10 Å². The monoisotopic (exact) mass is 271 g/mol. The van der Waals surface area contributed by atoms with Crippen molar-refractivity contribution in [2.75, 3.05) is 11.9 Å². The molecule has 0 aliphatic heterocycles. The molecule has 0 radical (unpaired) electrons. The first-order chi connectivity index (χ1) is 9.69. The number of aromatic nitrogens is 2. The van der Waals surface area contributed by atoms with Crippen LogP contribution in [0.4, 0.5) is 5.69 Å². The van der Waals surface area contributed by atoms with Crippen LogP contribution in [-0.4, -0.2) is 22.4 Å². The van der Waals surface area contributed by atoms with Crippen LogP contribution < -0.4 is 5.32 Å². The second-order valence-electron chi connectivity index (χ2n) is 4.22. The molecule has 5 heteroatoms. The highest BCUT2D eigenvalue weighted by Gasteiger charge is 2.06. The van der Waals surface area contributed by atoms with Crippen molar-refractivity contribution in [2.24, 2.45) is 0 Å². The van der Waals surface area contributed by atoms with Crippen LogP contribution in [0, 0.1) is 0 Å². The number of hydrogen-bond acceptors (Lipinski definition) is 4. The third-order valence-corrected chi connectivity index (χ3v) is 2.59. The van der Waals surface area contributed by atoms with Gasteiger partial charge in [0.1, 0.15) is 0 Å². The number of nitrogens with zero attached hydrogens (tertiary/aromatic N) is 2. The van der Waals surface area contributed by atoms with E-state index in [1.54, 1.807) is 17.8 Å². The summed E-state index contributed by atoms with van der Waals surface area (Å²) in [6.45, 7) is 5.95. The molecule has 104 valence electrons. The molecule has 0 aliphatic rings. The molecule has 0 bridgehead atoms. The Morgan fingerprint density at radius 1 is 1.40 bits per heavy atom. The van der Waals surface area contributed by atoms with Crippen LogP contribution in [0.5, 0.6) is 0 Å². The van der Waals surface area contributed by atoms with Gasteiger partial charge in [-0.05, 0) is 19.1 Å². The molecule has 0 saturated heterocycles. The number of para-hydroxylation sites is 1. The molecule has 1 heterocycles. The summed E-state index contributed by atoms with van der Waals surface area (Å²) in [7, 11) is 0. The Hall–Kier alpha value is -2.56. The lowest BCUT2D eigenvalue weighted by Crippen LogP contribution is -2.08. The Morgan fingerprint density at radius 2 is 2.15 bits per heavy atom. The largest absolute Gasteiger partial charge is 0.466 e. The number of carbonyl (C=O) groups is 1. The van der Waals surface area contributed by atoms with Crippen molar-refractivity contribution in [3.8, 4) is 5.69 Å². The first kappa shape index (κ1) is 13.9. The van der Waals surface area contributed by atoms with Gasteiger partial charge in [0.2, 0.25) is 0 Å². The normalized spacial score (nSPS) is 10.1. The molecule has 20 heavy (non-hydrogen) atoms. The molecule has 1 aromatic heterocycles. The number of nitrogens with one attached hydrogen (secondary N) is 1. The van der Waals surface area contributed by atoms with E-state index in [1.807, 2.05) is 36.5 Å². The average molecular weight is 271 g/mol. The Balaban J connectivity index is 1.96. The highest BCUT2D eigenvalue weighted by Crippen LogP contribution is 2.14. The van der Waals surface area contributed by atoms with Crippen LogP contribution in [0.15, 0.2) is 55.0 Å². The molecule has 0 atom stereocenters. The first-order valence-corrected chi connectivity index (χ1v) is 6.39. The summed E-state index contributed by atoms with van der Waals surface area (Å²) < 4.78 is 6.61. The molecule has 0 amide bonds. The number of esters is 1. The fraction of sp³-hybridized carbons (Fsp3) is 0.200. The lowest BCUT2D eigenvalue weighted by Gasteiger charge is -2.06. The van der Waals surface area contributed by atoms with E-state index >= 15 is 0 Å². The highest BCUT2D eigenvalue weighted by molar-refractivity contribution is 5.73. The van der Waals surface area contributed by atoms with Gasteiger partial charge in [0.25, 0.3) is 0 Å². The van der Waals surface area contributed by atoms with Crippen molar-refractivity contribution in [1.29, 1.82) is 0 Å². The molecule has 0 aliphatic carbocycles. The van der Waals surface area contributed by atoms with Crippen LogP contribution in [0.3, 0.4) is 0 Å². The van der Waals surface area contributed by atoms with Gasteiger partial charge in [0.05, 0.1) is 36.8 Å². The topological polar surface area (TPSA) is 56.1 Å². The molecule has 1 N–H and O–H groups in total. The molecule has 0 fully saturated rings. The molecule has 0 unspecified atom stereocenters. The fourth-order valence-electron chi connectivity index (χ4n) is 1.74. The van der Waals surface area contributed by atoms with E-state index in [4.69, 9.17) is 4.74 Å². The minimum atomic E-state index is -0.291. The zero-order chi connectivity index (χ0) is 14.4. The van der Waals surface area contributed by atoms with Crippen molar-refractivity contribution in [3.05, 3.63) is 55.0 Å². The zero-order valence-electron chi connectivity index (χ0n) is 11.4. The summed E-state index contributed by atoms with van der Waals surface area (Å²) in [5, 5.41) is 7.29. The van der Waals surface area contributed by atoms with Crippen molar-refractivity contribution in [2.45, 2.75) is 13.3 Å². The Labute approximate surface area is 117 Å². The number of carbonyl (C=O) groups excluding carboxylic acids is 1. The predicted molar refractivity (Wildman–Crippen MR) is 77.6 cm³/mol. The molecular formula is C15H17N3O2. The van der Waals surface area contributed by atoms with Gasteiger partial charge in [0.15, 0.2) is 0 Å². The van der Waals surface area contributed by atoms with Crippen molar-refractivity contribution in [3.63, 3.8) is 0 Å². The summed E-state index contributed by atoms with van der Waals surface area (Å²) in [5.74, 6) is -0.291. The van der Waals surface area contributed by atoms with Crippen LogP contribution >= 0.6 is 0 Å². The number of anilines is 1. The third-order valence-electron chi connectivity index (χ3n) is 2.59. The molecular weight excluding hydrogens is 254 g/mol. The molecule has 2 rings (SSSR count). The van der Waals surface area contributed by atoms with Gasteiger partial charge < -0.3 is 10.1 Å². The number of ether oxygens (including phenoxy) is 1. The minimum Gasteiger partial charge on any atom is -0.466 e. The lowest BCUT2D eigenvalue weighted by molar-refractivity contribution is -0.142. The quantitative estimate of drug-likeness (QED) is 0.821. The highest BCUT2D eigenvalue weighted by atomic mass is 16.5. The van der Waals surface area contributed by atoms with Crippen molar-refractivity contribution in [1.82, 2.24) is 9.78 Å². The third kappa shape index (κ3) is 3.71. The summed E-state index contributed by atoms with van der Waals surface area (Å²) in [4.78, 5) is 11.3. The first-order valence-electron chi connectivity index (χ1n) is 6.39. The van der Waals surface area contributed by atoms with Gasteiger partial charge >= 0.3 is 5.97 Å². The van der Waals surface area contributed by atoms with Crippen LogP contribution in [0.25, 0.3) is 5.69 Å². The second kappa shape index (κ2) is 6.56. The summed E-state index contributed by atoms with van der Waals surface area (Å²) in [6.07, 6.45) is 3.67. The molecule has 2 aromatic rings. The maximum Gasteiger partial charge on any atom is 0.311 e.